The summed E-state index contributed by atoms with van der Waals surface area (Å²) in [5.74, 6) is -0.888. The summed E-state index contributed by atoms with van der Waals surface area (Å²) in [7, 11) is 0. The molecule has 3 N–H and O–H groups in total. The lowest BCUT2D eigenvalue weighted by atomic mass is 10.1. The quantitative estimate of drug-likeness (QED) is 0.770. The predicted octanol–water partition coefficient (Wildman–Crippen LogP) is 3.22. The molecule has 0 aliphatic rings. The molecule has 0 bridgehead atoms. The van der Waals surface area contributed by atoms with Crippen LogP contribution in [-0.2, 0) is 0 Å². The number of hydrogen-bond acceptors (Lipinski definition) is 5. The van der Waals surface area contributed by atoms with Crippen molar-refractivity contribution in [3.05, 3.63) is 58.5 Å². The molecule has 5 nitrogen and oxygen atoms in total. The molecule has 22 heavy (non-hydrogen) atoms. The highest BCUT2D eigenvalue weighted by Crippen LogP contribution is 2.37. The number of amides is 2. The molecular formula is C15H11N3O2S2. The topological polar surface area (TPSA) is 85.1 Å². The number of carbonyl (C=O) groups is 2. The van der Waals surface area contributed by atoms with Crippen molar-refractivity contribution in [3.63, 3.8) is 0 Å². The van der Waals surface area contributed by atoms with E-state index in [1.807, 2.05) is 22.9 Å². The van der Waals surface area contributed by atoms with E-state index >= 15 is 0 Å². The summed E-state index contributed by atoms with van der Waals surface area (Å²) < 4.78 is 0. The molecule has 3 rings (SSSR count). The first-order valence-corrected chi connectivity index (χ1v) is 8.09. The smallest absolute Gasteiger partial charge is 0.257 e. The van der Waals surface area contributed by atoms with Gasteiger partial charge < -0.3 is 11.1 Å². The van der Waals surface area contributed by atoms with Gasteiger partial charge >= 0.3 is 0 Å². The second-order valence-electron chi connectivity index (χ2n) is 4.39. The molecule has 0 spiro atoms. The summed E-state index contributed by atoms with van der Waals surface area (Å²) in [5.41, 5.74) is 6.99. The van der Waals surface area contributed by atoms with E-state index in [0.717, 1.165) is 10.4 Å². The number of aromatic nitrogens is 1. The highest BCUT2D eigenvalue weighted by Gasteiger charge is 2.20. The number of anilines is 1. The second kappa shape index (κ2) is 6.08. The highest BCUT2D eigenvalue weighted by atomic mass is 32.1. The van der Waals surface area contributed by atoms with Crippen molar-refractivity contribution in [1.82, 2.24) is 4.98 Å². The van der Waals surface area contributed by atoms with Gasteiger partial charge in [0, 0.05) is 28.2 Å². The number of carbonyl (C=O) groups excluding carboxylic acids is 2. The Labute approximate surface area is 134 Å². The van der Waals surface area contributed by atoms with Gasteiger partial charge in [0.15, 0.2) is 0 Å². The standard InChI is InChI=1S/C15H11N3O2S2/c16-13(19)12-10(11-4-2-6-21-11)8-22-15(12)18-14(20)9-3-1-5-17-7-9/h1-8H,(H2,16,19)(H,18,20). The van der Waals surface area contributed by atoms with E-state index in [2.05, 4.69) is 10.3 Å². The normalized spacial score (nSPS) is 10.4. The first-order valence-electron chi connectivity index (χ1n) is 6.33. The molecule has 0 aromatic carbocycles. The molecule has 0 radical (unpaired) electrons. The van der Waals surface area contributed by atoms with Crippen LogP contribution in [0.5, 0.6) is 0 Å². The van der Waals surface area contributed by atoms with Gasteiger partial charge in [-0.1, -0.05) is 6.07 Å². The van der Waals surface area contributed by atoms with Gasteiger partial charge in [0.25, 0.3) is 11.8 Å². The minimum absolute atomic E-state index is 0.324. The second-order valence-corrected chi connectivity index (χ2v) is 6.22. The third-order valence-electron chi connectivity index (χ3n) is 2.97. The molecule has 0 aliphatic heterocycles. The predicted molar refractivity (Wildman–Crippen MR) is 88.3 cm³/mol. The summed E-state index contributed by atoms with van der Waals surface area (Å²) in [4.78, 5) is 28.8. The van der Waals surface area contributed by atoms with Gasteiger partial charge in [0.05, 0.1) is 11.1 Å². The van der Waals surface area contributed by atoms with Crippen molar-refractivity contribution in [1.29, 1.82) is 0 Å². The number of hydrogen-bond donors (Lipinski definition) is 2. The van der Waals surface area contributed by atoms with Crippen molar-refractivity contribution >= 4 is 39.5 Å². The van der Waals surface area contributed by atoms with Crippen LogP contribution in [0.15, 0.2) is 47.4 Å². The fraction of sp³-hybridized carbons (Fsp3) is 0. The van der Waals surface area contributed by atoms with Crippen LogP contribution in [0.2, 0.25) is 0 Å². The minimum atomic E-state index is -0.564. The van der Waals surface area contributed by atoms with Gasteiger partial charge in [-0.15, -0.1) is 22.7 Å². The first-order chi connectivity index (χ1) is 10.7. The highest BCUT2D eigenvalue weighted by molar-refractivity contribution is 7.17. The fourth-order valence-electron chi connectivity index (χ4n) is 1.98. The maximum atomic E-state index is 12.2. The number of primary amides is 1. The van der Waals surface area contributed by atoms with Crippen molar-refractivity contribution in [2.75, 3.05) is 5.32 Å². The number of nitrogens with two attached hydrogens (primary N) is 1. The summed E-state index contributed by atoms with van der Waals surface area (Å²) in [6.45, 7) is 0. The van der Waals surface area contributed by atoms with Crippen LogP contribution >= 0.6 is 22.7 Å². The third-order valence-corrected chi connectivity index (χ3v) is 4.77. The molecule has 0 aliphatic carbocycles. The van der Waals surface area contributed by atoms with Gasteiger partial charge in [-0.05, 0) is 23.6 Å². The molecule has 3 aromatic heterocycles. The number of nitrogens with zero attached hydrogens (tertiary/aromatic N) is 1. The molecule has 3 aromatic rings. The van der Waals surface area contributed by atoms with E-state index in [4.69, 9.17) is 5.73 Å². The molecule has 0 saturated carbocycles. The van der Waals surface area contributed by atoms with E-state index in [1.54, 1.807) is 18.3 Å². The molecule has 110 valence electrons. The van der Waals surface area contributed by atoms with Crippen molar-refractivity contribution in [3.8, 4) is 10.4 Å². The Morgan fingerprint density at radius 3 is 2.68 bits per heavy atom. The van der Waals surface area contributed by atoms with Gasteiger partial charge in [-0.3, -0.25) is 14.6 Å². The average Bonchev–Trinajstić information content (AvgIpc) is 3.16. The number of nitrogens with one attached hydrogen (secondary N) is 1. The van der Waals surface area contributed by atoms with E-state index in [9.17, 15) is 9.59 Å². The number of pyridine rings is 1. The minimum Gasteiger partial charge on any atom is -0.365 e. The van der Waals surface area contributed by atoms with Crippen molar-refractivity contribution in [2.24, 2.45) is 5.73 Å². The van der Waals surface area contributed by atoms with Gasteiger partial charge in [0.1, 0.15) is 5.00 Å². The van der Waals surface area contributed by atoms with Crippen molar-refractivity contribution < 1.29 is 9.59 Å². The lowest BCUT2D eigenvalue weighted by Gasteiger charge is -2.05. The average molecular weight is 329 g/mol. The Bertz CT molecular complexity index is 811. The zero-order chi connectivity index (χ0) is 15.5. The monoisotopic (exact) mass is 329 g/mol. The van der Waals surface area contributed by atoms with Gasteiger partial charge in [-0.2, -0.15) is 0 Å². The van der Waals surface area contributed by atoms with Crippen LogP contribution in [0.3, 0.4) is 0 Å². The molecule has 7 heteroatoms. The molecule has 2 amide bonds. The van der Waals surface area contributed by atoms with Gasteiger partial charge in [0.2, 0.25) is 0 Å². The Hall–Kier alpha value is -2.51. The number of thiophene rings is 2. The summed E-state index contributed by atoms with van der Waals surface area (Å²) in [6.07, 6.45) is 3.05. The first kappa shape index (κ1) is 14.4. The lowest BCUT2D eigenvalue weighted by Crippen LogP contribution is -2.17. The van der Waals surface area contributed by atoms with Crippen LogP contribution in [0, 0.1) is 0 Å². The summed E-state index contributed by atoms with van der Waals surface area (Å²) >= 11 is 2.79. The molecule has 0 fully saturated rings. The molecule has 0 atom stereocenters. The largest absolute Gasteiger partial charge is 0.365 e. The Balaban J connectivity index is 1.95. The van der Waals surface area contributed by atoms with E-state index in [0.29, 0.717) is 16.1 Å². The summed E-state index contributed by atoms with van der Waals surface area (Å²) in [6, 6.07) is 7.14. The SMILES string of the molecule is NC(=O)c1c(-c2cccs2)csc1NC(=O)c1cccnc1. The van der Waals surface area contributed by atoms with Crippen LogP contribution in [0.25, 0.3) is 10.4 Å². The molecule has 3 heterocycles. The zero-order valence-electron chi connectivity index (χ0n) is 11.3. The van der Waals surface area contributed by atoms with E-state index in [1.165, 1.54) is 28.9 Å². The van der Waals surface area contributed by atoms with Crippen LogP contribution in [0.1, 0.15) is 20.7 Å². The Morgan fingerprint density at radius 1 is 1.18 bits per heavy atom. The van der Waals surface area contributed by atoms with E-state index in [-0.39, 0.29) is 5.91 Å². The fourth-order valence-corrected chi connectivity index (χ4v) is 3.76. The maximum absolute atomic E-state index is 12.2. The molecular weight excluding hydrogens is 318 g/mol. The number of rotatable bonds is 4. The molecule has 0 unspecified atom stereocenters. The Kier molecular flexibility index (Phi) is 3.99. The van der Waals surface area contributed by atoms with Crippen LogP contribution < -0.4 is 11.1 Å². The third kappa shape index (κ3) is 2.76. The summed E-state index contributed by atoms with van der Waals surface area (Å²) in [5, 5.41) is 6.93. The zero-order valence-corrected chi connectivity index (χ0v) is 12.9. The van der Waals surface area contributed by atoms with E-state index < -0.39 is 5.91 Å². The Morgan fingerprint density at radius 2 is 2.05 bits per heavy atom. The van der Waals surface area contributed by atoms with Crippen molar-refractivity contribution in [2.45, 2.75) is 0 Å². The maximum Gasteiger partial charge on any atom is 0.257 e. The van der Waals surface area contributed by atoms with Crippen LogP contribution in [-0.4, -0.2) is 16.8 Å². The molecule has 0 saturated heterocycles. The van der Waals surface area contributed by atoms with Gasteiger partial charge in [-0.25, -0.2) is 0 Å². The van der Waals surface area contributed by atoms with Crippen LogP contribution in [0.4, 0.5) is 5.00 Å². The lowest BCUT2D eigenvalue weighted by molar-refractivity contribution is 0.100.